The summed E-state index contributed by atoms with van der Waals surface area (Å²) in [5.74, 6) is -0.326. The maximum atomic E-state index is 12.6. The smallest absolute Gasteiger partial charge is 0.312 e. The van der Waals surface area contributed by atoms with Crippen molar-refractivity contribution < 1.29 is 9.59 Å². The van der Waals surface area contributed by atoms with Crippen LogP contribution in [0.4, 0.5) is 5.82 Å². The van der Waals surface area contributed by atoms with Crippen molar-refractivity contribution in [3.05, 3.63) is 58.3 Å². The van der Waals surface area contributed by atoms with Crippen LogP contribution in [-0.4, -0.2) is 54.4 Å². The van der Waals surface area contributed by atoms with Crippen LogP contribution in [0.2, 0.25) is 0 Å². The van der Waals surface area contributed by atoms with Crippen molar-refractivity contribution in [1.82, 2.24) is 15.2 Å². The molecule has 1 aliphatic carbocycles. The Morgan fingerprint density at radius 3 is 2.44 bits per heavy atom. The summed E-state index contributed by atoms with van der Waals surface area (Å²) in [7, 11) is 0. The quantitative estimate of drug-likeness (QED) is 0.750. The van der Waals surface area contributed by atoms with E-state index in [0.29, 0.717) is 44.7 Å². The molecule has 1 aliphatic heterocycles. The zero-order valence-corrected chi connectivity index (χ0v) is 18.6. The Kier molecular flexibility index (Phi) is 6.69. The van der Waals surface area contributed by atoms with E-state index in [1.54, 1.807) is 4.90 Å². The summed E-state index contributed by atoms with van der Waals surface area (Å²) in [6.07, 6.45) is 4.86. The minimum Gasteiger partial charge on any atom is -0.352 e. The van der Waals surface area contributed by atoms with Crippen LogP contribution in [-0.2, 0) is 28.9 Å². The van der Waals surface area contributed by atoms with Gasteiger partial charge in [-0.1, -0.05) is 30.3 Å². The van der Waals surface area contributed by atoms with Gasteiger partial charge in [0.25, 0.3) is 0 Å². The van der Waals surface area contributed by atoms with E-state index in [9.17, 15) is 14.9 Å². The SMILES string of the molecule is Cc1nc(N2CCN(C(=O)C(=O)NCCc3ccccc3)CC2)c(C#N)c2c1CCCC2. The molecule has 0 bridgehead atoms. The minimum atomic E-state index is -0.560. The molecule has 7 heteroatoms. The van der Waals surface area contributed by atoms with Gasteiger partial charge < -0.3 is 15.1 Å². The molecular weight excluding hydrogens is 402 g/mol. The molecule has 7 nitrogen and oxygen atoms in total. The lowest BCUT2D eigenvalue weighted by molar-refractivity contribution is -0.146. The highest BCUT2D eigenvalue weighted by molar-refractivity contribution is 6.35. The average molecular weight is 432 g/mol. The largest absolute Gasteiger partial charge is 0.352 e. The van der Waals surface area contributed by atoms with E-state index in [1.807, 2.05) is 37.3 Å². The summed E-state index contributed by atoms with van der Waals surface area (Å²) < 4.78 is 0. The van der Waals surface area contributed by atoms with Crippen LogP contribution in [0.3, 0.4) is 0 Å². The number of nitrogens with one attached hydrogen (secondary N) is 1. The molecule has 1 aromatic carbocycles. The Labute approximate surface area is 189 Å². The van der Waals surface area contributed by atoms with Gasteiger partial charge in [0.05, 0.1) is 5.56 Å². The fraction of sp³-hybridized carbons (Fsp3) is 0.440. The van der Waals surface area contributed by atoms with Gasteiger partial charge in [-0.15, -0.1) is 0 Å². The Hall–Kier alpha value is -3.40. The van der Waals surface area contributed by atoms with Gasteiger partial charge in [0.15, 0.2) is 0 Å². The summed E-state index contributed by atoms with van der Waals surface area (Å²) in [5, 5.41) is 12.6. The number of hydrogen-bond donors (Lipinski definition) is 1. The Morgan fingerprint density at radius 2 is 1.75 bits per heavy atom. The first-order valence-corrected chi connectivity index (χ1v) is 11.4. The third-order valence-electron chi connectivity index (χ3n) is 6.42. The molecular formula is C25H29N5O2. The number of nitriles is 1. The number of anilines is 1. The second-order valence-electron chi connectivity index (χ2n) is 8.44. The first-order valence-electron chi connectivity index (χ1n) is 11.4. The van der Waals surface area contributed by atoms with Gasteiger partial charge in [0.1, 0.15) is 11.9 Å². The highest BCUT2D eigenvalue weighted by Crippen LogP contribution is 2.32. The summed E-state index contributed by atoms with van der Waals surface area (Å²) in [5.41, 5.74) is 5.19. The zero-order valence-electron chi connectivity index (χ0n) is 18.6. The number of amides is 2. The first kappa shape index (κ1) is 21.8. The predicted molar refractivity (Wildman–Crippen MR) is 122 cm³/mol. The molecule has 1 saturated heterocycles. The molecule has 4 rings (SSSR count). The molecule has 0 atom stereocenters. The van der Waals surface area contributed by atoms with E-state index < -0.39 is 11.8 Å². The third kappa shape index (κ3) is 4.59. The summed E-state index contributed by atoms with van der Waals surface area (Å²) in [6.45, 7) is 4.44. The number of nitrogens with zero attached hydrogens (tertiary/aromatic N) is 4. The topological polar surface area (TPSA) is 89.3 Å². The maximum Gasteiger partial charge on any atom is 0.312 e. The molecule has 0 saturated carbocycles. The number of piperazine rings is 1. The van der Waals surface area contributed by atoms with Crippen molar-refractivity contribution in [2.45, 2.75) is 39.0 Å². The van der Waals surface area contributed by atoms with Crippen LogP contribution in [0.25, 0.3) is 0 Å². The Balaban J connectivity index is 1.35. The summed E-state index contributed by atoms with van der Waals surface area (Å²) >= 11 is 0. The molecule has 0 unspecified atom stereocenters. The van der Waals surface area contributed by atoms with E-state index in [0.717, 1.165) is 48.3 Å². The van der Waals surface area contributed by atoms with E-state index in [2.05, 4.69) is 16.3 Å². The Bertz CT molecular complexity index is 1040. The normalized spacial score (nSPS) is 15.6. The second-order valence-corrected chi connectivity index (χ2v) is 8.44. The molecule has 0 spiro atoms. The zero-order chi connectivity index (χ0) is 22.5. The lowest BCUT2D eigenvalue weighted by Crippen LogP contribution is -2.53. The molecule has 2 aliphatic rings. The van der Waals surface area contributed by atoms with Gasteiger partial charge in [-0.05, 0) is 55.7 Å². The van der Waals surface area contributed by atoms with E-state index >= 15 is 0 Å². The molecule has 1 N–H and O–H groups in total. The number of aryl methyl sites for hydroxylation is 1. The summed E-state index contributed by atoms with van der Waals surface area (Å²) in [6, 6.07) is 12.3. The minimum absolute atomic E-state index is 0.429. The van der Waals surface area contributed by atoms with Gasteiger partial charge in [-0.2, -0.15) is 5.26 Å². The number of aromatic nitrogens is 1. The van der Waals surface area contributed by atoms with Crippen molar-refractivity contribution in [1.29, 1.82) is 5.26 Å². The molecule has 1 fully saturated rings. The van der Waals surface area contributed by atoms with Crippen molar-refractivity contribution in [2.75, 3.05) is 37.6 Å². The van der Waals surface area contributed by atoms with Gasteiger partial charge in [-0.25, -0.2) is 4.98 Å². The van der Waals surface area contributed by atoms with Crippen molar-refractivity contribution in [2.24, 2.45) is 0 Å². The molecule has 2 heterocycles. The van der Waals surface area contributed by atoms with Crippen LogP contribution >= 0.6 is 0 Å². The van der Waals surface area contributed by atoms with E-state index in [1.165, 1.54) is 5.56 Å². The first-order chi connectivity index (χ1) is 15.6. The van der Waals surface area contributed by atoms with Gasteiger partial charge >= 0.3 is 11.8 Å². The van der Waals surface area contributed by atoms with E-state index in [-0.39, 0.29) is 0 Å². The molecule has 0 radical (unpaired) electrons. The maximum absolute atomic E-state index is 12.6. The standard InChI is InChI=1S/C25H29N5O2/c1-18-20-9-5-6-10-21(20)22(17-26)23(28-18)29-13-15-30(16-14-29)25(32)24(31)27-12-11-19-7-3-2-4-8-19/h2-4,7-8H,5-6,9-16H2,1H3,(H,27,31). The molecule has 2 aromatic rings. The van der Waals surface area contributed by atoms with E-state index in [4.69, 9.17) is 4.98 Å². The lowest BCUT2D eigenvalue weighted by atomic mass is 9.88. The fourth-order valence-corrected chi connectivity index (χ4v) is 4.65. The average Bonchev–Trinajstić information content (AvgIpc) is 2.84. The summed E-state index contributed by atoms with van der Waals surface area (Å²) in [4.78, 5) is 33.3. The number of carbonyl (C=O) groups excluding carboxylic acids is 2. The lowest BCUT2D eigenvalue weighted by Gasteiger charge is -2.36. The van der Waals surface area contributed by atoms with Crippen LogP contribution in [0.5, 0.6) is 0 Å². The number of carbonyl (C=O) groups is 2. The van der Waals surface area contributed by atoms with Crippen LogP contribution in [0, 0.1) is 18.3 Å². The van der Waals surface area contributed by atoms with Crippen molar-refractivity contribution >= 4 is 17.6 Å². The Morgan fingerprint density at radius 1 is 1.06 bits per heavy atom. The van der Waals surface area contributed by atoms with Crippen LogP contribution < -0.4 is 10.2 Å². The third-order valence-corrected chi connectivity index (χ3v) is 6.42. The highest BCUT2D eigenvalue weighted by atomic mass is 16.2. The molecule has 1 aromatic heterocycles. The number of fused-ring (bicyclic) bond motifs is 1. The highest BCUT2D eigenvalue weighted by Gasteiger charge is 2.29. The van der Waals surface area contributed by atoms with Gasteiger partial charge in [0.2, 0.25) is 0 Å². The fourth-order valence-electron chi connectivity index (χ4n) is 4.65. The number of hydrogen-bond acceptors (Lipinski definition) is 5. The van der Waals surface area contributed by atoms with Crippen molar-refractivity contribution in [3.8, 4) is 6.07 Å². The van der Waals surface area contributed by atoms with Crippen LogP contribution in [0.15, 0.2) is 30.3 Å². The monoisotopic (exact) mass is 431 g/mol. The molecule has 32 heavy (non-hydrogen) atoms. The molecule has 2 amide bonds. The van der Waals surface area contributed by atoms with Crippen LogP contribution in [0.1, 0.15) is 40.8 Å². The van der Waals surface area contributed by atoms with Gasteiger partial charge in [-0.3, -0.25) is 9.59 Å². The number of benzene rings is 1. The predicted octanol–water partition coefficient (Wildman–Crippen LogP) is 2.15. The molecule has 166 valence electrons. The van der Waals surface area contributed by atoms with Gasteiger partial charge in [0, 0.05) is 38.4 Å². The second kappa shape index (κ2) is 9.82. The van der Waals surface area contributed by atoms with Crippen molar-refractivity contribution in [3.63, 3.8) is 0 Å². The number of rotatable bonds is 4. The number of pyridine rings is 1.